The highest BCUT2D eigenvalue weighted by Gasteiger charge is 2.38. The van der Waals surface area contributed by atoms with Crippen molar-refractivity contribution >= 4 is 23.9 Å². The molecule has 0 spiro atoms. The predicted molar refractivity (Wildman–Crippen MR) is 149 cm³/mol. The first kappa shape index (κ1) is 31.3. The number of nitrogens with zero attached hydrogens (tertiary/aromatic N) is 1. The molecule has 3 amide bonds. The van der Waals surface area contributed by atoms with Gasteiger partial charge in [0.25, 0.3) is 0 Å². The topological polar surface area (TPSA) is 114 Å². The minimum atomic E-state index is -1.07. The van der Waals surface area contributed by atoms with E-state index in [2.05, 4.69) is 15.4 Å². The summed E-state index contributed by atoms with van der Waals surface area (Å²) in [4.78, 5) is 53.9. The Hall–Kier alpha value is -3.88. The molecule has 39 heavy (non-hydrogen) atoms. The number of esters is 1. The van der Waals surface area contributed by atoms with Crippen molar-refractivity contribution in [3.05, 3.63) is 70.8 Å². The summed E-state index contributed by atoms with van der Waals surface area (Å²) in [5.41, 5.74) is 2.49. The Kier molecular flexibility index (Phi) is 11.1. The summed E-state index contributed by atoms with van der Waals surface area (Å²) in [7, 11) is 1.23. The molecule has 9 nitrogen and oxygen atoms in total. The average molecular weight is 540 g/mol. The van der Waals surface area contributed by atoms with Crippen molar-refractivity contribution in [2.45, 2.75) is 78.6 Å². The highest BCUT2D eigenvalue weighted by atomic mass is 16.6. The molecule has 2 unspecified atom stereocenters. The number of amides is 3. The quantitative estimate of drug-likeness (QED) is 0.441. The van der Waals surface area contributed by atoms with Gasteiger partial charge in [0.05, 0.1) is 7.11 Å². The zero-order chi connectivity index (χ0) is 29.3. The number of carbonyl (C=O) groups excluding carboxylic acids is 4. The van der Waals surface area contributed by atoms with Crippen LogP contribution in [0.2, 0.25) is 0 Å². The van der Waals surface area contributed by atoms with Gasteiger partial charge in [-0.05, 0) is 65.2 Å². The van der Waals surface area contributed by atoms with Gasteiger partial charge < -0.3 is 25.0 Å². The number of nitrogens with one attached hydrogen (secondary N) is 2. The lowest BCUT2D eigenvalue weighted by Gasteiger charge is -2.37. The summed E-state index contributed by atoms with van der Waals surface area (Å²) in [5, 5.41) is 5.33. The van der Waals surface area contributed by atoms with Crippen molar-refractivity contribution in [3.63, 3.8) is 0 Å². The minimum Gasteiger partial charge on any atom is -0.468 e. The first-order valence-electron chi connectivity index (χ1n) is 13.0. The summed E-state index contributed by atoms with van der Waals surface area (Å²) < 4.78 is 10.1. The monoisotopic (exact) mass is 539 g/mol. The molecule has 212 valence electrons. The van der Waals surface area contributed by atoms with E-state index in [9.17, 15) is 19.2 Å². The number of carbonyl (C=O) groups is 4. The van der Waals surface area contributed by atoms with Gasteiger partial charge in [-0.3, -0.25) is 14.4 Å². The Balaban J connectivity index is 2.56. The summed E-state index contributed by atoms with van der Waals surface area (Å²) >= 11 is 0. The zero-order valence-electron chi connectivity index (χ0n) is 24.2. The smallest absolute Gasteiger partial charge is 0.408 e. The fourth-order valence-corrected chi connectivity index (χ4v) is 4.24. The van der Waals surface area contributed by atoms with E-state index in [-0.39, 0.29) is 13.0 Å². The molecule has 0 saturated carbocycles. The van der Waals surface area contributed by atoms with Gasteiger partial charge in [0, 0.05) is 12.5 Å². The van der Waals surface area contributed by atoms with Crippen molar-refractivity contribution in [3.8, 4) is 0 Å². The van der Waals surface area contributed by atoms with Gasteiger partial charge in [0.1, 0.15) is 24.2 Å². The van der Waals surface area contributed by atoms with Crippen molar-refractivity contribution in [1.29, 1.82) is 0 Å². The Bertz CT molecular complexity index is 1160. The molecule has 0 aliphatic rings. The van der Waals surface area contributed by atoms with Crippen LogP contribution in [0.5, 0.6) is 0 Å². The number of benzene rings is 2. The van der Waals surface area contributed by atoms with Gasteiger partial charge in [-0.15, -0.1) is 0 Å². The van der Waals surface area contributed by atoms with Gasteiger partial charge >= 0.3 is 12.1 Å². The molecule has 0 fully saturated rings. The molecule has 2 aromatic rings. The van der Waals surface area contributed by atoms with Crippen LogP contribution in [0.1, 0.15) is 62.9 Å². The van der Waals surface area contributed by atoms with E-state index in [4.69, 9.17) is 4.74 Å². The molecule has 2 atom stereocenters. The van der Waals surface area contributed by atoms with Crippen LogP contribution in [0.3, 0.4) is 0 Å². The SMILES string of the molecule is COC(=O)CNC(=O)C(c1ccc(C)cc1C)N(C(=O)C(Cc1ccccc1)NC(=O)OC(C)(C)C)C(C)C. The summed E-state index contributed by atoms with van der Waals surface area (Å²) in [6.07, 6.45) is -0.551. The van der Waals surface area contributed by atoms with Crippen molar-refractivity contribution in [1.82, 2.24) is 15.5 Å². The molecule has 2 N–H and O–H groups in total. The molecule has 0 aromatic heterocycles. The summed E-state index contributed by atoms with van der Waals surface area (Å²) in [6.45, 7) is 12.3. The molecular weight excluding hydrogens is 498 g/mol. The van der Waals surface area contributed by atoms with Crippen LogP contribution in [-0.2, 0) is 30.3 Å². The molecular formula is C30H41N3O6. The minimum absolute atomic E-state index is 0.186. The van der Waals surface area contributed by atoms with E-state index < -0.39 is 47.6 Å². The number of rotatable bonds is 10. The maximum Gasteiger partial charge on any atom is 0.408 e. The molecule has 0 radical (unpaired) electrons. The number of ether oxygens (including phenoxy) is 2. The Morgan fingerprint density at radius 3 is 2.15 bits per heavy atom. The standard InChI is InChI=1S/C30H41N3O6/c1-19(2)33(26(27(35)31-18-25(34)38-8)23-15-14-20(3)16-21(23)4)28(36)24(17-22-12-10-9-11-13-22)32-29(37)39-30(5,6)7/h9-16,19,24,26H,17-18H2,1-8H3,(H,31,35)(H,32,37). The van der Waals surface area contributed by atoms with E-state index in [1.165, 1.54) is 12.0 Å². The van der Waals surface area contributed by atoms with Crippen LogP contribution in [0, 0.1) is 13.8 Å². The third-order valence-electron chi connectivity index (χ3n) is 5.96. The van der Waals surface area contributed by atoms with Crippen LogP contribution in [0.4, 0.5) is 4.79 Å². The average Bonchev–Trinajstić information content (AvgIpc) is 2.84. The molecule has 0 heterocycles. The fourth-order valence-electron chi connectivity index (χ4n) is 4.24. The number of methoxy groups -OCH3 is 1. The fraction of sp³-hybridized carbons (Fsp3) is 0.467. The van der Waals surface area contributed by atoms with Gasteiger partial charge in [0.2, 0.25) is 11.8 Å². The lowest BCUT2D eigenvalue weighted by molar-refractivity contribution is -0.146. The van der Waals surface area contributed by atoms with Crippen molar-refractivity contribution in [2.75, 3.05) is 13.7 Å². The second kappa shape index (κ2) is 13.8. The molecule has 2 rings (SSSR count). The van der Waals surface area contributed by atoms with E-state index in [0.29, 0.717) is 5.56 Å². The number of alkyl carbamates (subject to hydrolysis) is 1. The molecule has 2 aromatic carbocycles. The highest BCUT2D eigenvalue weighted by Crippen LogP contribution is 2.28. The lowest BCUT2D eigenvalue weighted by atomic mass is 9.94. The van der Waals surface area contributed by atoms with E-state index in [1.54, 1.807) is 34.6 Å². The third kappa shape index (κ3) is 9.42. The molecule has 0 bridgehead atoms. The van der Waals surface area contributed by atoms with Gasteiger partial charge in [0.15, 0.2) is 0 Å². The number of hydrogen-bond donors (Lipinski definition) is 2. The number of aryl methyl sites for hydroxylation is 2. The van der Waals surface area contributed by atoms with Gasteiger partial charge in [-0.2, -0.15) is 0 Å². The van der Waals surface area contributed by atoms with Crippen LogP contribution >= 0.6 is 0 Å². The molecule has 0 aliphatic carbocycles. The van der Waals surface area contributed by atoms with E-state index in [0.717, 1.165) is 16.7 Å². The first-order chi connectivity index (χ1) is 18.2. The Labute approximate surface area is 231 Å². The van der Waals surface area contributed by atoms with Crippen LogP contribution in [0.25, 0.3) is 0 Å². The summed E-state index contributed by atoms with van der Waals surface area (Å²) in [5.74, 6) is -1.61. The number of hydrogen-bond acceptors (Lipinski definition) is 6. The van der Waals surface area contributed by atoms with Crippen LogP contribution < -0.4 is 10.6 Å². The first-order valence-corrected chi connectivity index (χ1v) is 13.0. The van der Waals surface area contributed by atoms with Crippen LogP contribution in [0.15, 0.2) is 48.5 Å². The molecule has 0 aliphatic heterocycles. The van der Waals surface area contributed by atoms with Gasteiger partial charge in [-0.25, -0.2) is 4.79 Å². The summed E-state index contributed by atoms with van der Waals surface area (Å²) in [6, 6.07) is 12.4. The second-order valence-corrected chi connectivity index (χ2v) is 10.8. The molecule has 9 heteroatoms. The maximum atomic E-state index is 14.3. The van der Waals surface area contributed by atoms with E-state index in [1.807, 2.05) is 62.4 Å². The second-order valence-electron chi connectivity index (χ2n) is 10.8. The normalized spacial score (nSPS) is 12.7. The highest BCUT2D eigenvalue weighted by molar-refractivity contribution is 5.93. The predicted octanol–water partition coefficient (Wildman–Crippen LogP) is 4.01. The lowest BCUT2D eigenvalue weighted by Crippen LogP contribution is -2.56. The maximum absolute atomic E-state index is 14.3. The zero-order valence-corrected chi connectivity index (χ0v) is 24.2. The third-order valence-corrected chi connectivity index (χ3v) is 5.96. The largest absolute Gasteiger partial charge is 0.468 e. The van der Waals surface area contributed by atoms with E-state index >= 15 is 0 Å². The van der Waals surface area contributed by atoms with Crippen molar-refractivity contribution in [2.24, 2.45) is 0 Å². The van der Waals surface area contributed by atoms with Crippen molar-refractivity contribution < 1.29 is 28.7 Å². The Morgan fingerprint density at radius 1 is 0.974 bits per heavy atom. The van der Waals surface area contributed by atoms with Gasteiger partial charge in [-0.1, -0.05) is 54.1 Å². The Morgan fingerprint density at radius 2 is 1.62 bits per heavy atom. The molecule has 0 saturated heterocycles. The van der Waals surface area contributed by atoms with Crippen LogP contribution in [-0.4, -0.2) is 60.1 Å².